The average molecular weight is 430 g/mol. The Morgan fingerprint density at radius 1 is 1.19 bits per heavy atom. The van der Waals surface area contributed by atoms with Crippen LogP contribution in [0, 0.1) is 18.7 Å². The molecule has 1 saturated heterocycles. The van der Waals surface area contributed by atoms with Crippen molar-refractivity contribution in [2.45, 2.75) is 13.4 Å². The van der Waals surface area contributed by atoms with Crippen LogP contribution in [0.1, 0.15) is 24.5 Å². The second kappa shape index (κ2) is 8.38. The summed E-state index contributed by atoms with van der Waals surface area (Å²) in [7, 11) is 1.43. The number of piperazine rings is 1. The van der Waals surface area contributed by atoms with Crippen molar-refractivity contribution in [1.82, 2.24) is 25.2 Å². The topological polar surface area (TPSA) is 94.2 Å². The van der Waals surface area contributed by atoms with Crippen molar-refractivity contribution in [3.63, 3.8) is 0 Å². The van der Waals surface area contributed by atoms with Gasteiger partial charge in [0, 0.05) is 48.0 Å². The lowest BCUT2D eigenvalue weighted by Crippen LogP contribution is -2.46. The van der Waals surface area contributed by atoms with Gasteiger partial charge in [0.2, 0.25) is 5.95 Å². The first-order chi connectivity index (χ1) is 15.6. The predicted octanol–water partition coefficient (Wildman–Crippen LogP) is 1.59. The molecule has 3 heterocycles. The Kier molecular flexibility index (Phi) is 4.97. The van der Waals surface area contributed by atoms with E-state index in [0.717, 1.165) is 0 Å². The van der Waals surface area contributed by atoms with Crippen molar-refractivity contribution in [2.24, 2.45) is 0 Å². The number of H-pyrrole nitrogens is 1. The molecule has 2 N–H and O–H groups in total. The van der Waals surface area contributed by atoms with Crippen LogP contribution in [-0.4, -0.2) is 59.0 Å². The number of aromatic nitrogens is 3. The largest absolute Gasteiger partial charge is 0.365 e. The van der Waals surface area contributed by atoms with Gasteiger partial charge in [-0.05, 0) is 25.1 Å². The minimum absolute atomic E-state index is 0.0387. The molecule has 1 fully saturated rings. The minimum atomic E-state index is -2.17. The second-order valence-electron chi connectivity index (χ2n) is 7.14. The SMILES string of the molecule is [2H]C([2H])(c1ccc2nc(C)c(=O)[nH]c2c1F)N1CCN(c2ccc(C(=O)NC)nc2F)CC1. The van der Waals surface area contributed by atoms with Crippen LogP contribution in [0.3, 0.4) is 0 Å². The van der Waals surface area contributed by atoms with E-state index in [1.165, 1.54) is 43.1 Å². The van der Waals surface area contributed by atoms with Crippen LogP contribution in [0.4, 0.5) is 14.5 Å². The van der Waals surface area contributed by atoms with Crippen LogP contribution in [0.5, 0.6) is 0 Å². The van der Waals surface area contributed by atoms with Crippen LogP contribution >= 0.6 is 0 Å². The number of fused-ring (bicyclic) bond motifs is 1. The normalized spacial score (nSPS) is 16.2. The molecule has 0 bridgehead atoms. The average Bonchev–Trinajstić information content (AvgIpc) is 2.80. The number of nitrogens with zero attached hydrogens (tertiary/aromatic N) is 4. The maximum absolute atomic E-state index is 15.2. The van der Waals surface area contributed by atoms with Crippen LogP contribution in [-0.2, 0) is 6.50 Å². The summed E-state index contributed by atoms with van der Waals surface area (Å²) >= 11 is 0. The number of aromatic amines is 1. The van der Waals surface area contributed by atoms with Crippen LogP contribution in [0.25, 0.3) is 11.0 Å². The van der Waals surface area contributed by atoms with Gasteiger partial charge in [0.25, 0.3) is 11.5 Å². The standard InChI is InChI=1S/C21H22F2N6O2/c1-12-20(30)27-18-14(25-12)4-3-13(17(18)22)11-28-7-9-29(10-8-28)16-6-5-15(21(31)24-2)26-19(16)23/h3-6H,7-11H2,1-2H3,(H,24,31)(H,27,30)/i11D2. The Bertz CT molecular complexity index is 1290. The van der Waals surface area contributed by atoms with Crippen LogP contribution in [0.2, 0.25) is 0 Å². The minimum Gasteiger partial charge on any atom is -0.365 e. The van der Waals surface area contributed by atoms with E-state index >= 15 is 4.39 Å². The summed E-state index contributed by atoms with van der Waals surface area (Å²) in [5.74, 6) is -2.16. The van der Waals surface area contributed by atoms with Crippen molar-refractivity contribution >= 4 is 22.6 Å². The third-order valence-electron chi connectivity index (χ3n) is 5.16. The molecule has 3 aromatic rings. The quantitative estimate of drug-likeness (QED) is 0.611. The van der Waals surface area contributed by atoms with Crippen molar-refractivity contribution in [3.05, 3.63) is 63.3 Å². The number of aryl methyl sites for hydroxylation is 1. The zero-order valence-electron chi connectivity index (χ0n) is 19.0. The summed E-state index contributed by atoms with van der Waals surface area (Å²) in [6.45, 7) is 0.237. The number of pyridine rings is 1. The zero-order chi connectivity index (χ0) is 23.9. The number of anilines is 1. The molecule has 162 valence electrons. The molecule has 0 radical (unpaired) electrons. The highest BCUT2D eigenvalue weighted by atomic mass is 19.1. The van der Waals surface area contributed by atoms with E-state index in [1.54, 1.807) is 4.90 Å². The summed E-state index contributed by atoms with van der Waals surface area (Å²) in [5, 5.41) is 2.38. The van der Waals surface area contributed by atoms with Crippen LogP contribution in [0.15, 0.2) is 29.1 Å². The number of rotatable bonds is 4. The van der Waals surface area contributed by atoms with Gasteiger partial charge < -0.3 is 15.2 Å². The molecule has 1 aromatic carbocycles. The van der Waals surface area contributed by atoms with Gasteiger partial charge in [-0.15, -0.1) is 0 Å². The lowest BCUT2D eigenvalue weighted by molar-refractivity contribution is 0.0957. The number of hydrogen-bond donors (Lipinski definition) is 2. The van der Waals surface area contributed by atoms with Crippen molar-refractivity contribution < 1.29 is 16.3 Å². The molecule has 8 nitrogen and oxygen atoms in total. The van der Waals surface area contributed by atoms with E-state index in [-0.39, 0.29) is 59.9 Å². The van der Waals surface area contributed by atoms with Gasteiger partial charge in [-0.1, -0.05) is 6.07 Å². The second-order valence-corrected chi connectivity index (χ2v) is 7.14. The third kappa shape index (κ3) is 4.11. The van der Waals surface area contributed by atoms with Gasteiger partial charge >= 0.3 is 0 Å². The molecule has 1 aliphatic rings. The molecule has 0 unspecified atom stereocenters. The highest BCUT2D eigenvalue weighted by Gasteiger charge is 2.22. The monoisotopic (exact) mass is 430 g/mol. The van der Waals surface area contributed by atoms with Gasteiger partial charge in [0.05, 0.1) is 11.2 Å². The van der Waals surface area contributed by atoms with Crippen LogP contribution < -0.4 is 15.8 Å². The Hall–Kier alpha value is -3.40. The number of nitrogens with one attached hydrogen (secondary N) is 2. The van der Waals surface area contributed by atoms with E-state index in [1.807, 2.05) is 0 Å². The number of benzene rings is 1. The Morgan fingerprint density at radius 3 is 2.61 bits per heavy atom. The Morgan fingerprint density at radius 2 is 1.94 bits per heavy atom. The highest BCUT2D eigenvalue weighted by Crippen LogP contribution is 2.22. The number of hydrogen-bond acceptors (Lipinski definition) is 6. The summed E-state index contributed by atoms with van der Waals surface area (Å²) in [4.78, 5) is 36.8. The maximum atomic E-state index is 15.2. The van der Waals surface area contributed by atoms with E-state index in [2.05, 4.69) is 20.3 Å². The predicted molar refractivity (Wildman–Crippen MR) is 112 cm³/mol. The van der Waals surface area contributed by atoms with E-state index < -0.39 is 29.7 Å². The first kappa shape index (κ1) is 18.4. The van der Waals surface area contributed by atoms with Gasteiger partial charge in [0.15, 0.2) is 5.82 Å². The van der Waals surface area contributed by atoms with E-state index in [4.69, 9.17) is 2.74 Å². The summed E-state index contributed by atoms with van der Waals surface area (Å²) in [6.07, 6.45) is 0. The molecule has 2 aromatic heterocycles. The third-order valence-corrected chi connectivity index (χ3v) is 5.16. The first-order valence-corrected chi connectivity index (χ1v) is 9.71. The molecule has 0 saturated carbocycles. The molecular formula is C21H22F2N6O2. The van der Waals surface area contributed by atoms with E-state index in [0.29, 0.717) is 0 Å². The number of carbonyl (C=O) groups excluding carboxylic acids is 1. The summed E-state index contributed by atoms with van der Waals surface area (Å²) in [5.41, 5.74) is -0.300. The molecule has 1 aliphatic heterocycles. The molecule has 10 heteroatoms. The summed E-state index contributed by atoms with van der Waals surface area (Å²) in [6, 6.07) is 5.69. The number of carbonyl (C=O) groups is 1. The van der Waals surface area contributed by atoms with Crippen molar-refractivity contribution in [1.29, 1.82) is 0 Å². The maximum Gasteiger partial charge on any atom is 0.269 e. The smallest absolute Gasteiger partial charge is 0.269 e. The Labute approximate surface area is 179 Å². The van der Waals surface area contributed by atoms with E-state index in [9.17, 15) is 14.0 Å². The lowest BCUT2D eigenvalue weighted by atomic mass is 10.1. The molecular weight excluding hydrogens is 406 g/mol. The fourth-order valence-electron chi connectivity index (χ4n) is 3.45. The molecule has 0 atom stereocenters. The summed E-state index contributed by atoms with van der Waals surface area (Å²) < 4.78 is 46.8. The number of halogens is 2. The number of amides is 1. The molecule has 0 spiro atoms. The van der Waals surface area contributed by atoms with Gasteiger partial charge in [-0.25, -0.2) is 14.4 Å². The fraction of sp³-hybridized carbons (Fsp3) is 0.333. The van der Waals surface area contributed by atoms with Gasteiger partial charge in [0.1, 0.15) is 16.9 Å². The zero-order valence-corrected chi connectivity index (χ0v) is 17.0. The lowest BCUT2D eigenvalue weighted by Gasteiger charge is -2.36. The first-order valence-electron chi connectivity index (χ1n) is 10.7. The molecule has 1 amide bonds. The van der Waals surface area contributed by atoms with Crippen molar-refractivity contribution in [2.75, 3.05) is 38.1 Å². The molecule has 0 aliphatic carbocycles. The molecule has 4 rings (SSSR count). The van der Waals surface area contributed by atoms with Gasteiger partial charge in [-0.3, -0.25) is 14.5 Å². The molecule has 31 heavy (non-hydrogen) atoms. The van der Waals surface area contributed by atoms with Crippen molar-refractivity contribution in [3.8, 4) is 0 Å². The highest BCUT2D eigenvalue weighted by molar-refractivity contribution is 5.92. The fourth-order valence-corrected chi connectivity index (χ4v) is 3.45. The van der Waals surface area contributed by atoms with Gasteiger partial charge in [-0.2, -0.15) is 4.39 Å². The Balaban J connectivity index is 1.55.